The molecule has 3 heterocycles. The van der Waals surface area contributed by atoms with Crippen LogP contribution >= 0.6 is 11.6 Å². The zero-order valence-electron chi connectivity index (χ0n) is 46.2. The molecule has 20 nitrogen and oxygen atoms in total. The average molecular weight is 1210 g/mol. The Hall–Kier alpha value is -7.80. The molecular formula is C59H64ClN8O12S3+. The molecule has 6 aromatic rings. The molecule has 83 heavy (non-hydrogen) atoms. The van der Waals surface area contributed by atoms with E-state index in [4.69, 9.17) is 11.6 Å². The number of aromatic nitrogens is 1. The largest absolute Gasteiger partial charge is 0.493 e. The van der Waals surface area contributed by atoms with Gasteiger partial charge in [-0.2, -0.15) is 21.4 Å². The fourth-order valence-corrected chi connectivity index (χ4v) is 13.2. The Bertz CT molecular complexity index is 4010. The van der Waals surface area contributed by atoms with E-state index < -0.39 is 53.5 Å². The van der Waals surface area contributed by atoms with Crippen LogP contribution in [0.1, 0.15) is 77.0 Å². The monoisotopic (exact) mass is 1210 g/mol. The van der Waals surface area contributed by atoms with Crippen molar-refractivity contribution in [2.75, 3.05) is 41.9 Å². The average Bonchev–Trinajstić information content (AvgIpc) is 3.41. The first-order chi connectivity index (χ1) is 39.3. The first-order valence-electron chi connectivity index (χ1n) is 26.6. The number of sulfonamides is 1. The predicted molar refractivity (Wildman–Crippen MR) is 318 cm³/mol. The molecule has 1 unspecified atom stereocenters. The van der Waals surface area contributed by atoms with Crippen molar-refractivity contribution < 1.29 is 58.4 Å². The summed E-state index contributed by atoms with van der Waals surface area (Å²) in [6, 6.07) is 27.7. The molecule has 0 spiro atoms. The summed E-state index contributed by atoms with van der Waals surface area (Å²) in [5.41, 5.74) is 4.92. The standard InChI is InChI=1S/C59H63ClN8O12S3/c1-6-66-49-31-29-43(82(75,76)77)36-47(49)59(5,52(66)17-10-8-9-16-51-58(3,4)46-30-28-44(83(78,79)80)37-50(46)67(51)7-2)33-13-18-53(69)61-34-35-62-54(70)32-21-39-19-26-42(27-20-39)81(73,74)68(41-24-22-40(60)23-25-41)38-55(71)64-65-56-45-14-11-12-15-48(45)63-57(56)72/h8-12,14-17,19-20,22-31,36-37H,6-7,13,18,21,32-35,38H2,1-5H3,(H5-,61,62,63,64,65,69,70,71,72,75,76,77,78,79,80)/p+1. The number of benzene rings is 5. The van der Waals surface area contributed by atoms with E-state index >= 15 is 0 Å². The third-order valence-corrected chi connectivity index (χ3v) is 18.6. The smallest absolute Gasteiger partial charge is 0.294 e. The van der Waals surface area contributed by atoms with Crippen LogP contribution in [0.5, 0.6) is 5.88 Å². The number of azo groups is 1. The van der Waals surface area contributed by atoms with Crippen molar-refractivity contribution in [3.63, 3.8) is 0 Å². The Morgan fingerprint density at radius 1 is 0.771 bits per heavy atom. The van der Waals surface area contributed by atoms with Gasteiger partial charge in [0.05, 0.1) is 26.4 Å². The summed E-state index contributed by atoms with van der Waals surface area (Å²) in [4.78, 5) is 43.5. The fraction of sp³-hybridized carbons (Fsp3) is 0.288. The molecule has 1 aromatic heterocycles. The summed E-state index contributed by atoms with van der Waals surface area (Å²) in [5.74, 6) is -1.78. The Morgan fingerprint density at radius 2 is 1.41 bits per heavy atom. The minimum Gasteiger partial charge on any atom is -0.493 e. The first-order valence-corrected chi connectivity index (χ1v) is 31.3. The summed E-state index contributed by atoms with van der Waals surface area (Å²) < 4.78 is 99.5. The fourth-order valence-electron chi connectivity index (χ4n) is 10.6. The number of aromatic amines is 1. The maximum atomic E-state index is 14.1. The topological polar surface area (TPSA) is 288 Å². The van der Waals surface area contributed by atoms with E-state index in [9.17, 15) is 53.8 Å². The maximum Gasteiger partial charge on any atom is 0.294 e. The minimum atomic E-state index is -4.55. The van der Waals surface area contributed by atoms with Crippen LogP contribution in [-0.2, 0) is 61.9 Å². The molecule has 0 bridgehead atoms. The van der Waals surface area contributed by atoms with Crippen molar-refractivity contribution >= 4 is 98.9 Å². The van der Waals surface area contributed by atoms with Gasteiger partial charge in [-0.3, -0.25) is 27.8 Å². The molecule has 0 saturated carbocycles. The van der Waals surface area contributed by atoms with Gasteiger partial charge in [0, 0.05) is 77.4 Å². The van der Waals surface area contributed by atoms with Crippen molar-refractivity contribution in [2.45, 2.75) is 92.2 Å². The number of hydrogen-bond acceptors (Lipinski definition) is 12. The van der Waals surface area contributed by atoms with E-state index in [1.165, 1.54) is 60.7 Å². The Kier molecular flexibility index (Phi) is 18.4. The predicted octanol–water partition coefficient (Wildman–Crippen LogP) is 9.75. The number of carbonyl (C=O) groups excluding carboxylic acids is 3. The van der Waals surface area contributed by atoms with E-state index in [1.54, 1.807) is 48.5 Å². The number of carbonyl (C=O) groups is 3. The number of aromatic hydroxyl groups is 1. The summed E-state index contributed by atoms with van der Waals surface area (Å²) in [5, 5.41) is 24.5. The van der Waals surface area contributed by atoms with Gasteiger partial charge in [0.2, 0.25) is 23.4 Å². The quantitative estimate of drug-likeness (QED) is 0.0115. The molecule has 0 fully saturated rings. The van der Waals surface area contributed by atoms with Crippen LogP contribution in [0.3, 0.4) is 0 Å². The molecule has 0 saturated heterocycles. The molecule has 436 valence electrons. The lowest BCUT2D eigenvalue weighted by molar-refractivity contribution is -0.433. The van der Waals surface area contributed by atoms with E-state index in [0.29, 0.717) is 58.7 Å². The van der Waals surface area contributed by atoms with Crippen molar-refractivity contribution in [3.05, 3.63) is 167 Å². The Morgan fingerprint density at radius 3 is 2.07 bits per heavy atom. The van der Waals surface area contributed by atoms with Gasteiger partial charge in [-0.1, -0.05) is 60.2 Å². The molecule has 1 atom stereocenters. The number of halogens is 1. The number of likely N-dealkylation sites (N-methyl/N-ethyl adjacent to an activating group) is 1. The van der Waals surface area contributed by atoms with Gasteiger partial charge in [0.15, 0.2) is 11.4 Å². The molecule has 24 heteroatoms. The highest BCUT2D eigenvalue weighted by Crippen LogP contribution is 2.51. The van der Waals surface area contributed by atoms with Crippen molar-refractivity contribution in [1.29, 1.82) is 0 Å². The number of nitrogens with one attached hydrogen (secondary N) is 3. The normalized spacial score (nSPS) is 16.6. The highest BCUT2D eigenvalue weighted by molar-refractivity contribution is 7.92. The van der Waals surface area contributed by atoms with Gasteiger partial charge in [-0.05, 0) is 144 Å². The van der Waals surface area contributed by atoms with Crippen LogP contribution in [0, 0.1) is 0 Å². The molecule has 2 aliphatic rings. The highest BCUT2D eigenvalue weighted by Gasteiger charge is 2.45. The molecule has 8 rings (SSSR count). The molecular weight excluding hydrogens is 1140 g/mol. The van der Waals surface area contributed by atoms with Gasteiger partial charge in [-0.15, -0.1) is 10.2 Å². The van der Waals surface area contributed by atoms with Crippen LogP contribution in [0.4, 0.5) is 22.7 Å². The number of allylic oxidation sites excluding steroid dienone is 6. The van der Waals surface area contributed by atoms with Crippen LogP contribution in [0.25, 0.3) is 10.9 Å². The van der Waals surface area contributed by atoms with Gasteiger partial charge < -0.3 is 25.6 Å². The van der Waals surface area contributed by atoms with Crippen LogP contribution in [-0.4, -0.2) is 105 Å². The van der Waals surface area contributed by atoms with Gasteiger partial charge in [0.25, 0.3) is 36.2 Å². The molecule has 6 N–H and O–H groups in total. The highest BCUT2D eigenvalue weighted by atomic mass is 35.5. The van der Waals surface area contributed by atoms with Crippen LogP contribution < -0.4 is 19.8 Å². The molecule has 0 aliphatic carbocycles. The molecule has 2 aliphatic heterocycles. The third kappa shape index (κ3) is 13.5. The summed E-state index contributed by atoms with van der Waals surface area (Å²) in [6.45, 7) is 10.6. The number of H-pyrrole nitrogens is 1. The second-order valence-corrected chi connectivity index (χ2v) is 25.7. The SMILES string of the molecule is CCN1\C(=C/C=C/C=C/C2=[N+](CC)c3cc(S(=O)(=O)O)ccc3C2(C)C)C(C)(CCCC(=O)NCCNC(=O)CCc2ccc(S(=O)(=O)N(CC(=O)N=Nc3c(O)[nH]c4ccccc34)c3ccc(Cl)cc3)cc2)c2cc(S(=O)(=O)O)ccc21. The molecule has 3 amide bonds. The number of fused-ring (bicyclic) bond motifs is 3. The second kappa shape index (κ2) is 25.0. The number of nitrogens with zero attached hydrogens (tertiary/aromatic N) is 5. The zero-order valence-corrected chi connectivity index (χ0v) is 49.4. The summed E-state index contributed by atoms with van der Waals surface area (Å²) in [6.07, 6.45) is 10.8. The van der Waals surface area contributed by atoms with E-state index in [-0.39, 0.29) is 76.1 Å². The molecule has 5 aromatic carbocycles. The third-order valence-electron chi connectivity index (χ3n) is 14.8. The second-order valence-electron chi connectivity index (χ2n) is 20.6. The first kappa shape index (κ1) is 61.3. The number of amides is 3. The number of para-hydroxylation sites is 1. The van der Waals surface area contributed by atoms with Crippen molar-refractivity contribution in [1.82, 2.24) is 15.6 Å². The van der Waals surface area contributed by atoms with E-state index in [2.05, 4.69) is 30.7 Å². The number of anilines is 2. The van der Waals surface area contributed by atoms with E-state index in [1.807, 2.05) is 69.6 Å². The number of hydrogen-bond donors (Lipinski definition) is 6. The summed E-state index contributed by atoms with van der Waals surface area (Å²) in [7, 11) is -13.3. The number of rotatable bonds is 23. The van der Waals surface area contributed by atoms with Crippen molar-refractivity contribution in [2.24, 2.45) is 10.2 Å². The maximum absolute atomic E-state index is 14.1. The van der Waals surface area contributed by atoms with Crippen molar-refractivity contribution in [3.8, 4) is 5.88 Å². The summed E-state index contributed by atoms with van der Waals surface area (Å²) >= 11 is 6.09. The lowest BCUT2D eigenvalue weighted by Gasteiger charge is -2.30. The number of aryl methyl sites for hydroxylation is 1. The van der Waals surface area contributed by atoms with Gasteiger partial charge in [0.1, 0.15) is 18.0 Å². The van der Waals surface area contributed by atoms with Gasteiger partial charge in [-0.25, -0.2) is 8.42 Å². The lowest BCUT2D eigenvalue weighted by atomic mass is 9.77. The Balaban J connectivity index is 0.851. The molecule has 0 radical (unpaired) electrons. The lowest BCUT2D eigenvalue weighted by Crippen LogP contribution is -2.35. The Labute approximate surface area is 487 Å². The minimum absolute atomic E-state index is 0.0242. The van der Waals surface area contributed by atoms with Gasteiger partial charge >= 0.3 is 0 Å². The zero-order chi connectivity index (χ0) is 60.1. The van der Waals surface area contributed by atoms with E-state index in [0.717, 1.165) is 27.0 Å². The van der Waals surface area contributed by atoms with Crippen LogP contribution in [0.15, 0.2) is 170 Å². The van der Waals surface area contributed by atoms with Crippen LogP contribution in [0.2, 0.25) is 5.02 Å².